The summed E-state index contributed by atoms with van der Waals surface area (Å²) in [5, 5.41) is 24.5. The monoisotopic (exact) mass is 485 g/mol. The van der Waals surface area contributed by atoms with Crippen LogP contribution < -0.4 is 16.2 Å². The highest BCUT2D eigenvalue weighted by atomic mass is 19.4. The Morgan fingerprint density at radius 2 is 1.97 bits per heavy atom. The van der Waals surface area contributed by atoms with E-state index >= 15 is 0 Å². The van der Waals surface area contributed by atoms with Gasteiger partial charge in [0.1, 0.15) is 28.9 Å². The largest absolute Gasteiger partial charge is 0.490 e. The van der Waals surface area contributed by atoms with Crippen molar-refractivity contribution >= 4 is 22.8 Å². The standard InChI is InChI=1S/C17H21N7O3.C2HF3O2/c1-4-24-14-11(26-8-7-18)9-20-10(5-6-17(2,3)25)12(14)21-16(24)13-15(19)23-27-22-13;3-2(4,5)1(6)7/h9,25H,4,7-8,18H2,1-3H3,(H2,19,23);(H,6,7). The van der Waals surface area contributed by atoms with Gasteiger partial charge in [-0.3, -0.25) is 0 Å². The molecule has 0 bridgehead atoms. The topological polar surface area (TPSA) is 188 Å². The highest BCUT2D eigenvalue weighted by Gasteiger charge is 2.38. The molecule has 34 heavy (non-hydrogen) atoms. The molecule has 184 valence electrons. The number of nitrogens with two attached hydrogens (primary N) is 2. The third kappa shape index (κ3) is 6.33. The zero-order valence-electron chi connectivity index (χ0n) is 18.3. The molecule has 3 heterocycles. The van der Waals surface area contributed by atoms with Gasteiger partial charge in [0.05, 0.1) is 6.20 Å². The fourth-order valence-electron chi connectivity index (χ4n) is 2.53. The summed E-state index contributed by atoms with van der Waals surface area (Å²) < 4.78 is 44.1. The van der Waals surface area contributed by atoms with Gasteiger partial charge in [-0.25, -0.2) is 19.4 Å². The molecule has 0 saturated carbocycles. The second kappa shape index (κ2) is 10.4. The van der Waals surface area contributed by atoms with Crippen molar-refractivity contribution in [1.82, 2.24) is 24.8 Å². The fourth-order valence-corrected chi connectivity index (χ4v) is 2.53. The first kappa shape index (κ1) is 26.4. The molecule has 15 heteroatoms. The summed E-state index contributed by atoms with van der Waals surface area (Å²) in [5.41, 5.74) is 12.1. The zero-order chi connectivity index (χ0) is 25.7. The van der Waals surface area contributed by atoms with E-state index in [4.69, 9.17) is 30.7 Å². The van der Waals surface area contributed by atoms with E-state index in [1.165, 1.54) is 0 Å². The highest BCUT2D eigenvalue weighted by molar-refractivity contribution is 5.89. The number of carbonyl (C=O) groups is 1. The average Bonchev–Trinajstić information content (AvgIpc) is 3.33. The number of rotatable bonds is 5. The number of alkyl halides is 3. The van der Waals surface area contributed by atoms with Gasteiger partial charge in [-0.1, -0.05) is 5.92 Å². The molecule has 12 nitrogen and oxygen atoms in total. The molecule has 0 aliphatic carbocycles. The number of hydrogen-bond acceptors (Lipinski definition) is 10. The second-order valence-corrected chi connectivity index (χ2v) is 7.10. The first-order valence-electron chi connectivity index (χ1n) is 9.66. The summed E-state index contributed by atoms with van der Waals surface area (Å²) in [6.45, 7) is 6.36. The molecule has 0 radical (unpaired) electrons. The maximum atomic E-state index is 10.6. The van der Waals surface area contributed by atoms with Crippen LogP contribution in [0.2, 0.25) is 0 Å². The molecular weight excluding hydrogens is 463 g/mol. The van der Waals surface area contributed by atoms with Crippen LogP contribution in [0.4, 0.5) is 19.0 Å². The molecule has 0 saturated heterocycles. The van der Waals surface area contributed by atoms with Crippen molar-refractivity contribution in [2.45, 2.75) is 39.1 Å². The molecule has 0 unspecified atom stereocenters. The van der Waals surface area contributed by atoms with E-state index in [2.05, 4.69) is 32.1 Å². The van der Waals surface area contributed by atoms with Crippen molar-refractivity contribution < 1.29 is 37.5 Å². The Morgan fingerprint density at radius 3 is 2.44 bits per heavy atom. The maximum absolute atomic E-state index is 10.6. The number of nitrogen functional groups attached to an aromatic ring is 1. The van der Waals surface area contributed by atoms with Gasteiger partial charge < -0.3 is 31.0 Å². The van der Waals surface area contributed by atoms with Crippen LogP contribution in [0.1, 0.15) is 26.5 Å². The van der Waals surface area contributed by atoms with E-state index in [1.807, 2.05) is 11.5 Å². The van der Waals surface area contributed by atoms with E-state index in [-0.39, 0.29) is 5.82 Å². The van der Waals surface area contributed by atoms with Gasteiger partial charge in [0.25, 0.3) is 0 Å². The highest BCUT2D eigenvalue weighted by Crippen LogP contribution is 2.33. The number of carboxylic acids is 1. The number of imidazole rings is 1. The molecule has 0 spiro atoms. The van der Waals surface area contributed by atoms with Gasteiger partial charge in [0, 0.05) is 13.1 Å². The van der Waals surface area contributed by atoms with Gasteiger partial charge in [0.2, 0.25) is 0 Å². The normalized spacial score (nSPS) is 11.4. The smallest absolute Gasteiger partial charge is 0.488 e. The summed E-state index contributed by atoms with van der Waals surface area (Å²) in [6, 6.07) is 0. The Hall–Kier alpha value is -3.90. The van der Waals surface area contributed by atoms with Crippen LogP contribution in [0.5, 0.6) is 5.75 Å². The minimum atomic E-state index is -5.08. The Bertz CT molecular complexity index is 1220. The minimum Gasteiger partial charge on any atom is -0.488 e. The SMILES string of the molecule is CCn1c(-c2nonc2N)nc2c(C#CC(C)(C)O)ncc(OCCN)c21.O=C(O)C(F)(F)F. The quantitative estimate of drug-likeness (QED) is 0.380. The van der Waals surface area contributed by atoms with Gasteiger partial charge in [-0.15, -0.1) is 0 Å². The lowest BCUT2D eigenvalue weighted by molar-refractivity contribution is -0.192. The number of pyridine rings is 1. The Labute approximate surface area is 190 Å². The molecule has 3 aromatic heterocycles. The number of aliphatic hydroxyl groups is 1. The molecule has 0 fully saturated rings. The van der Waals surface area contributed by atoms with Crippen LogP contribution >= 0.6 is 0 Å². The van der Waals surface area contributed by atoms with E-state index in [0.29, 0.717) is 53.7 Å². The molecule has 0 aromatic carbocycles. The zero-order valence-corrected chi connectivity index (χ0v) is 18.3. The Morgan fingerprint density at radius 1 is 1.32 bits per heavy atom. The molecule has 0 aliphatic rings. The minimum absolute atomic E-state index is 0.126. The third-order valence-electron chi connectivity index (χ3n) is 3.88. The van der Waals surface area contributed by atoms with Gasteiger partial charge >= 0.3 is 12.1 Å². The Kier molecular flexibility index (Phi) is 8.03. The summed E-state index contributed by atoms with van der Waals surface area (Å²) in [6.07, 6.45) is -3.52. The van der Waals surface area contributed by atoms with E-state index in [1.54, 1.807) is 20.0 Å². The van der Waals surface area contributed by atoms with Crippen LogP contribution in [0.3, 0.4) is 0 Å². The number of aryl methyl sites for hydroxylation is 1. The molecule has 0 amide bonds. The van der Waals surface area contributed by atoms with E-state index in [9.17, 15) is 18.3 Å². The van der Waals surface area contributed by atoms with Crippen molar-refractivity contribution in [3.63, 3.8) is 0 Å². The van der Waals surface area contributed by atoms with Crippen LogP contribution in [0.15, 0.2) is 10.8 Å². The molecular formula is C19H22F3N7O5. The third-order valence-corrected chi connectivity index (χ3v) is 3.88. The number of aromatic nitrogens is 5. The number of fused-ring (bicyclic) bond motifs is 1. The molecule has 0 atom stereocenters. The predicted molar refractivity (Wildman–Crippen MR) is 112 cm³/mol. The number of nitrogens with zero attached hydrogens (tertiary/aromatic N) is 5. The van der Waals surface area contributed by atoms with Crippen molar-refractivity contribution in [1.29, 1.82) is 0 Å². The van der Waals surface area contributed by atoms with Gasteiger partial charge in [-0.05, 0) is 37.0 Å². The Balaban J connectivity index is 0.000000509. The fraction of sp³-hybridized carbons (Fsp3) is 0.421. The summed E-state index contributed by atoms with van der Waals surface area (Å²) in [5.74, 6) is 3.97. The van der Waals surface area contributed by atoms with Crippen LogP contribution in [0, 0.1) is 11.8 Å². The van der Waals surface area contributed by atoms with Crippen molar-refractivity contribution in [2.24, 2.45) is 5.73 Å². The summed E-state index contributed by atoms with van der Waals surface area (Å²) in [4.78, 5) is 17.9. The molecule has 3 aromatic rings. The number of carboxylic acid groups (broad SMARTS) is 1. The summed E-state index contributed by atoms with van der Waals surface area (Å²) in [7, 11) is 0. The average molecular weight is 485 g/mol. The van der Waals surface area contributed by atoms with Gasteiger partial charge in [0.15, 0.2) is 23.1 Å². The van der Waals surface area contributed by atoms with Crippen LogP contribution in [-0.4, -0.2) is 66.0 Å². The number of halogens is 3. The summed E-state index contributed by atoms with van der Waals surface area (Å²) >= 11 is 0. The second-order valence-electron chi connectivity index (χ2n) is 7.10. The van der Waals surface area contributed by atoms with E-state index in [0.717, 1.165) is 0 Å². The maximum Gasteiger partial charge on any atom is 0.490 e. The molecule has 6 N–H and O–H groups in total. The predicted octanol–water partition coefficient (Wildman–Crippen LogP) is 1.18. The number of hydrogen-bond donors (Lipinski definition) is 4. The first-order chi connectivity index (χ1) is 15.8. The van der Waals surface area contributed by atoms with Crippen molar-refractivity contribution in [2.75, 3.05) is 18.9 Å². The van der Waals surface area contributed by atoms with Crippen LogP contribution in [-0.2, 0) is 11.3 Å². The van der Waals surface area contributed by atoms with E-state index < -0.39 is 17.7 Å². The number of ether oxygens (including phenoxy) is 1. The number of aliphatic carboxylic acids is 1. The lowest BCUT2D eigenvalue weighted by Crippen LogP contribution is -2.21. The molecule has 3 rings (SSSR count). The molecule has 0 aliphatic heterocycles. The first-order valence-corrected chi connectivity index (χ1v) is 9.66. The lowest BCUT2D eigenvalue weighted by Gasteiger charge is -2.10. The number of anilines is 1. The van der Waals surface area contributed by atoms with Crippen molar-refractivity contribution in [3.05, 3.63) is 11.9 Å². The van der Waals surface area contributed by atoms with Gasteiger partial charge in [-0.2, -0.15) is 13.2 Å². The van der Waals surface area contributed by atoms with Crippen molar-refractivity contribution in [3.8, 4) is 29.1 Å². The lowest BCUT2D eigenvalue weighted by atomic mass is 10.1. The van der Waals surface area contributed by atoms with Crippen LogP contribution in [0.25, 0.3) is 22.6 Å².